The molecule has 0 spiro atoms. The van der Waals surface area contributed by atoms with Gasteiger partial charge in [-0.15, -0.1) is 0 Å². The number of nitrogens with one attached hydrogen (secondary N) is 1. The first kappa shape index (κ1) is 8.49. The van der Waals surface area contributed by atoms with Gasteiger partial charge in [0.25, 0.3) is 0 Å². The molecular weight excluding hydrogens is 152 g/mol. The Bertz CT molecular complexity index is 307. The van der Waals surface area contributed by atoms with Gasteiger partial charge in [0.1, 0.15) is 6.29 Å². The lowest BCUT2D eigenvalue weighted by Crippen LogP contribution is -2.08. The van der Waals surface area contributed by atoms with Gasteiger partial charge in [0.2, 0.25) is 0 Å². The van der Waals surface area contributed by atoms with Crippen molar-refractivity contribution in [2.24, 2.45) is 5.84 Å². The predicted molar refractivity (Wildman–Crippen MR) is 49.7 cm³/mol. The van der Waals surface area contributed by atoms with Gasteiger partial charge in [-0.1, -0.05) is 24.8 Å². The van der Waals surface area contributed by atoms with Crippen LogP contribution in [-0.4, -0.2) is 6.29 Å². The SMILES string of the molecule is C=Cc1ccc(C=O)cc1NN. The predicted octanol–water partition coefficient (Wildman–Crippen LogP) is 1.43. The maximum absolute atomic E-state index is 10.4. The molecule has 0 amide bonds. The molecule has 0 heterocycles. The van der Waals surface area contributed by atoms with Crippen LogP contribution >= 0.6 is 0 Å². The standard InChI is InChI=1S/C9H10N2O/c1-2-8-4-3-7(6-12)5-9(8)11-10/h2-6,11H,1,10H2. The summed E-state index contributed by atoms with van der Waals surface area (Å²) in [5.41, 5.74) is 4.66. The molecule has 3 nitrogen and oxygen atoms in total. The Labute approximate surface area is 70.9 Å². The smallest absolute Gasteiger partial charge is 0.150 e. The number of carbonyl (C=O) groups is 1. The Kier molecular flexibility index (Phi) is 2.61. The molecule has 0 unspecified atom stereocenters. The summed E-state index contributed by atoms with van der Waals surface area (Å²) < 4.78 is 0. The van der Waals surface area contributed by atoms with E-state index in [-0.39, 0.29) is 0 Å². The van der Waals surface area contributed by atoms with Crippen molar-refractivity contribution in [3.8, 4) is 0 Å². The molecule has 0 radical (unpaired) electrons. The summed E-state index contributed by atoms with van der Waals surface area (Å²) in [4.78, 5) is 10.4. The quantitative estimate of drug-likeness (QED) is 0.401. The van der Waals surface area contributed by atoms with Gasteiger partial charge in [-0.25, -0.2) is 0 Å². The highest BCUT2D eigenvalue weighted by Gasteiger charge is 1.97. The number of nitrogens with two attached hydrogens (primary N) is 1. The summed E-state index contributed by atoms with van der Waals surface area (Å²) in [5, 5.41) is 0. The maximum Gasteiger partial charge on any atom is 0.150 e. The van der Waals surface area contributed by atoms with E-state index in [0.717, 1.165) is 11.8 Å². The molecule has 0 bridgehead atoms. The van der Waals surface area contributed by atoms with Crippen molar-refractivity contribution in [2.75, 3.05) is 5.43 Å². The van der Waals surface area contributed by atoms with E-state index in [9.17, 15) is 4.79 Å². The zero-order valence-electron chi connectivity index (χ0n) is 6.58. The normalized spacial score (nSPS) is 9.08. The zero-order chi connectivity index (χ0) is 8.97. The van der Waals surface area contributed by atoms with Gasteiger partial charge in [-0.05, 0) is 11.6 Å². The first-order chi connectivity index (χ1) is 5.81. The molecule has 0 saturated heterocycles. The number of benzene rings is 1. The lowest BCUT2D eigenvalue weighted by Gasteiger charge is -2.04. The molecular formula is C9H10N2O. The summed E-state index contributed by atoms with van der Waals surface area (Å²) in [6, 6.07) is 5.17. The fourth-order valence-electron chi connectivity index (χ4n) is 0.950. The van der Waals surface area contributed by atoms with Crippen molar-refractivity contribution in [1.29, 1.82) is 0 Å². The second kappa shape index (κ2) is 3.69. The fraction of sp³-hybridized carbons (Fsp3) is 0. The number of hydrogen-bond donors (Lipinski definition) is 2. The van der Waals surface area contributed by atoms with Crippen LogP contribution in [0.2, 0.25) is 0 Å². The fourth-order valence-corrected chi connectivity index (χ4v) is 0.950. The highest BCUT2D eigenvalue weighted by molar-refractivity contribution is 5.79. The van der Waals surface area contributed by atoms with Gasteiger partial charge in [-0.2, -0.15) is 0 Å². The van der Waals surface area contributed by atoms with E-state index in [0.29, 0.717) is 11.3 Å². The molecule has 0 aliphatic rings. The Morgan fingerprint density at radius 3 is 2.75 bits per heavy atom. The zero-order valence-corrected chi connectivity index (χ0v) is 6.58. The molecule has 0 aliphatic heterocycles. The summed E-state index contributed by atoms with van der Waals surface area (Å²) in [6.45, 7) is 3.61. The van der Waals surface area contributed by atoms with Crippen molar-refractivity contribution >= 4 is 18.0 Å². The first-order valence-electron chi connectivity index (χ1n) is 3.50. The topological polar surface area (TPSA) is 55.1 Å². The van der Waals surface area contributed by atoms with Crippen LogP contribution in [0.4, 0.5) is 5.69 Å². The van der Waals surface area contributed by atoms with E-state index in [2.05, 4.69) is 12.0 Å². The molecule has 1 rings (SSSR count). The van der Waals surface area contributed by atoms with Gasteiger partial charge in [-0.3, -0.25) is 10.6 Å². The van der Waals surface area contributed by atoms with E-state index in [1.165, 1.54) is 0 Å². The molecule has 0 aromatic heterocycles. The summed E-state index contributed by atoms with van der Waals surface area (Å²) in [5.74, 6) is 5.24. The Hall–Kier alpha value is -1.61. The molecule has 62 valence electrons. The molecule has 3 N–H and O–H groups in total. The van der Waals surface area contributed by atoms with Crippen LogP contribution in [0.15, 0.2) is 24.8 Å². The van der Waals surface area contributed by atoms with Crippen LogP contribution in [0.3, 0.4) is 0 Å². The third-order valence-electron chi connectivity index (χ3n) is 1.59. The summed E-state index contributed by atoms with van der Waals surface area (Å²) in [6.07, 6.45) is 2.44. The van der Waals surface area contributed by atoms with Crippen molar-refractivity contribution in [3.05, 3.63) is 35.9 Å². The molecule has 0 fully saturated rings. The molecule has 0 atom stereocenters. The van der Waals surface area contributed by atoms with Crippen LogP contribution in [0.5, 0.6) is 0 Å². The average molecular weight is 162 g/mol. The highest BCUT2D eigenvalue weighted by atomic mass is 16.1. The lowest BCUT2D eigenvalue weighted by atomic mass is 10.1. The largest absolute Gasteiger partial charge is 0.324 e. The van der Waals surface area contributed by atoms with Crippen molar-refractivity contribution in [3.63, 3.8) is 0 Å². The van der Waals surface area contributed by atoms with Crippen LogP contribution in [0.25, 0.3) is 6.08 Å². The molecule has 1 aromatic carbocycles. The molecule has 1 aromatic rings. The van der Waals surface area contributed by atoms with E-state index in [1.807, 2.05) is 0 Å². The number of anilines is 1. The van der Waals surface area contributed by atoms with Crippen molar-refractivity contribution in [1.82, 2.24) is 0 Å². The van der Waals surface area contributed by atoms with Crippen molar-refractivity contribution in [2.45, 2.75) is 0 Å². The van der Waals surface area contributed by atoms with E-state index < -0.39 is 0 Å². The van der Waals surface area contributed by atoms with Crippen molar-refractivity contribution < 1.29 is 4.79 Å². The number of aldehydes is 1. The number of rotatable bonds is 3. The van der Waals surface area contributed by atoms with Crippen LogP contribution in [0.1, 0.15) is 15.9 Å². The number of hydrogen-bond acceptors (Lipinski definition) is 3. The molecule has 0 saturated carbocycles. The van der Waals surface area contributed by atoms with Crippen LogP contribution in [-0.2, 0) is 0 Å². The minimum atomic E-state index is 0.591. The minimum absolute atomic E-state index is 0.591. The van der Waals surface area contributed by atoms with E-state index in [4.69, 9.17) is 5.84 Å². The van der Waals surface area contributed by atoms with Gasteiger partial charge >= 0.3 is 0 Å². The highest BCUT2D eigenvalue weighted by Crippen LogP contribution is 2.16. The Morgan fingerprint density at radius 2 is 2.25 bits per heavy atom. The number of hydrazine groups is 1. The summed E-state index contributed by atoms with van der Waals surface area (Å²) in [7, 11) is 0. The third-order valence-corrected chi connectivity index (χ3v) is 1.59. The van der Waals surface area contributed by atoms with E-state index >= 15 is 0 Å². The second-order valence-corrected chi connectivity index (χ2v) is 2.31. The molecule has 3 heteroatoms. The van der Waals surface area contributed by atoms with Crippen LogP contribution < -0.4 is 11.3 Å². The average Bonchev–Trinajstić information content (AvgIpc) is 2.16. The van der Waals surface area contributed by atoms with Gasteiger partial charge in [0, 0.05) is 5.56 Å². The van der Waals surface area contributed by atoms with Gasteiger partial charge in [0.15, 0.2) is 0 Å². The third kappa shape index (κ3) is 1.52. The lowest BCUT2D eigenvalue weighted by molar-refractivity contribution is 0.112. The first-order valence-corrected chi connectivity index (χ1v) is 3.50. The Morgan fingerprint density at radius 1 is 1.50 bits per heavy atom. The van der Waals surface area contributed by atoms with Gasteiger partial charge < -0.3 is 5.43 Å². The maximum atomic E-state index is 10.4. The van der Waals surface area contributed by atoms with E-state index in [1.54, 1.807) is 24.3 Å². The second-order valence-electron chi connectivity index (χ2n) is 2.31. The minimum Gasteiger partial charge on any atom is -0.324 e. The summed E-state index contributed by atoms with van der Waals surface area (Å²) >= 11 is 0. The molecule has 0 aliphatic carbocycles. The van der Waals surface area contributed by atoms with Gasteiger partial charge in [0.05, 0.1) is 5.69 Å². The number of carbonyl (C=O) groups excluding carboxylic acids is 1. The molecule has 12 heavy (non-hydrogen) atoms. The number of nitrogen functional groups attached to an aromatic ring is 1. The Balaban J connectivity index is 3.18. The van der Waals surface area contributed by atoms with Crippen LogP contribution in [0, 0.1) is 0 Å². The monoisotopic (exact) mass is 162 g/mol.